The molecule has 0 bridgehead atoms. The summed E-state index contributed by atoms with van der Waals surface area (Å²) >= 11 is 0. The van der Waals surface area contributed by atoms with Crippen molar-refractivity contribution in [3.05, 3.63) is 72.9 Å². The number of carboxylic acids is 1. The number of hydrogen-bond donors (Lipinski definition) is 2. The number of unbranched alkanes of at least 4 members (excludes halogenated alkanes) is 1. The van der Waals surface area contributed by atoms with E-state index in [4.69, 9.17) is 5.73 Å². The molecule has 0 aromatic heterocycles. The molecule has 1 aromatic carbocycles. The van der Waals surface area contributed by atoms with E-state index in [9.17, 15) is 23.1 Å². The molecule has 1 aliphatic carbocycles. The van der Waals surface area contributed by atoms with Crippen LogP contribution in [-0.4, -0.2) is 23.5 Å². The number of alkyl halides is 3. The Kier molecular flexibility index (Phi) is 18.4. The fourth-order valence-electron chi connectivity index (χ4n) is 4.21. The molecule has 0 amide bonds. The minimum atomic E-state index is -4.52. The Morgan fingerprint density at radius 3 is 2.27 bits per heavy atom. The van der Waals surface area contributed by atoms with E-state index in [1.807, 2.05) is 20.8 Å². The first-order valence-corrected chi connectivity index (χ1v) is 14.3. The number of nitrogens with two attached hydrogens (primary N) is 1. The van der Waals surface area contributed by atoms with Gasteiger partial charge in [-0.1, -0.05) is 97.4 Å². The van der Waals surface area contributed by atoms with Crippen molar-refractivity contribution >= 4 is 23.0 Å². The molecule has 1 saturated carbocycles. The zero-order valence-corrected chi connectivity index (χ0v) is 24.8. The van der Waals surface area contributed by atoms with Crippen LogP contribution in [-0.2, 0) is 11.0 Å². The summed E-state index contributed by atoms with van der Waals surface area (Å²) in [7, 11) is 0. The molecule has 1 aromatic rings. The van der Waals surface area contributed by atoms with Crippen LogP contribution in [0, 0.1) is 11.8 Å². The Bertz CT molecular complexity index is 1000. The third-order valence-corrected chi connectivity index (χ3v) is 6.61. The molecule has 2 rings (SSSR count). The summed E-state index contributed by atoms with van der Waals surface area (Å²) in [6.45, 7) is 19.7. The summed E-state index contributed by atoms with van der Waals surface area (Å²) in [4.78, 5) is 15.6. The highest BCUT2D eigenvalue weighted by atomic mass is 19.4. The number of carbonyl (C=O) groups is 1. The highest BCUT2D eigenvalue weighted by Gasteiger charge is 2.34. The van der Waals surface area contributed by atoms with Crippen molar-refractivity contribution in [1.82, 2.24) is 0 Å². The molecular formula is C33H49F3N2O2. The van der Waals surface area contributed by atoms with E-state index < -0.39 is 23.6 Å². The van der Waals surface area contributed by atoms with Gasteiger partial charge in [-0.3, -0.25) is 9.79 Å². The van der Waals surface area contributed by atoms with Crippen molar-refractivity contribution < 1.29 is 23.1 Å². The fraction of sp³-hybridized carbons (Fsp3) is 0.515. The Morgan fingerprint density at radius 1 is 1.15 bits per heavy atom. The smallest absolute Gasteiger partial charge is 0.417 e. The number of aliphatic carboxylic acids is 1. The molecule has 1 unspecified atom stereocenters. The first-order chi connectivity index (χ1) is 18.9. The number of amidine groups is 1. The Labute approximate surface area is 239 Å². The summed E-state index contributed by atoms with van der Waals surface area (Å²) in [6, 6.07) is 3.97. The Morgan fingerprint density at radius 2 is 1.77 bits per heavy atom. The third-order valence-electron chi connectivity index (χ3n) is 6.61. The Hall–Kier alpha value is -3.09. The van der Waals surface area contributed by atoms with E-state index in [1.165, 1.54) is 38.2 Å². The van der Waals surface area contributed by atoms with Gasteiger partial charge in [0.25, 0.3) is 0 Å². The number of nitrogens with zero attached hydrogens (tertiary/aromatic N) is 1. The molecule has 0 saturated heterocycles. The maximum absolute atomic E-state index is 13.4. The lowest BCUT2D eigenvalue weighted by molar-refractivity contribution is -0.140. The lowest BCUT2D eigenvalue weighted by atomic mass is 9.89. The van der Waals surface area contributed by atoms with Crippen molar-refractivity contribution in [3.8, 4) is 0 Å². The summed E-state index contributed by atoms with van der Waals surface area (Å²) in [5, 5.41) is 9.32. The number of rotatable bonds is 12. The number of allylic oxidation sites excluding steroid dienone is 3. The van der Waals surface area contributed by atoms with E-state index in [-0.39, 0.29) is 12.0 Å². The first kappa shape index (κ1) is 36.9. The van der Waals surface area contributed by atoms with E-state index in [0.29, 0.717) is 29.0 Å². The van der Waals surface area contributed by atoms with Crippen LogP contribution in [0.2, 0.25) is 0 Å². The highest BCUT2D eigenvalue weighted by molar-refractivity contribution is 5.90. The molecule has 0 heterocycles. The van der Waals surface area contributed by atoms with Gasteiger partial charge in [-0.05, 0) is 72.4 Å². The summed E-state index contributed by atoms with van der Waals surface area (Å²) in [5.41, 5.74) is 5.87. The van der Waals surface area contributed by atoms with Gasteiger partial charge in [0.2, 0.25) is 0 Å². The van der Waals surface area contributed by atoms with Gasteiger partial charge in [-0.2, -0.15) is 13.2 Å². The lowest BCUT2D eigenvalue weighted by Gasteiger charge is -2.19. The van der Waals surface area contributed by atoms with Crippen LogP contribution < -0.4 is 5.73 Å². The SMILES string of the molecule is C=C(CC(/C=C\CCC)C(=O)O)c1ccc(C(=C)CC)c(C(F)(F)F)c1.C=CC(N)=NCC1CCCCC1.CC. The van der Waals surface area contributed by atoms with Gasteiger partial charge < -0.3 is 10.8 Å². The molecule has 4 nitrogen and oxygen atoms in total. The monoisotopic (exact) mass is 562 g/mol. The topological polar surface area (TPSA) is 75.7 Å². The molecular weight excluding hydrogens is 513 g/mol. The lowest BCUT2D eigenvalue weighted by Crippen LogP contribution is -2.14. The zero-order valence-electron chi connectivity index (χ0n) is 24.8. The van der Waals surface area contributed by atoms with Crippen LogP contribution in [0.1, 0.15) is 102 Å². The van der Waals surface area contributed by atoms with Crippen LogP contribution in [0.3, 0.4) is 0 Å². The molecule has 7 heteroatoms. The van der Waals surface area contributed by atoms with Crippen molar-refractivity contribution in [3.63, 3.8) is 0 Å². The van der Waals surface area contributed by atoms with Gasteiger partial charge in [-0.15, -0.1) is 0 Å². The van der Waals surface area contributed by atoms with Crippen LogP contribution in [0.15, 0.2) is 61.2 Å². The summed E-state index contributed by atoms with van der Waals surface area (Å²) < 4.78 is 40.2. The van der Waals surface area contributed by atoms with Crippen molar-refractivity contribution in [2.24, 2.45) is 22.6 Å². The summed E-state index contributed by atoms with van der Waals surface area (Å²) in [6.07, 6.45) is 9.36. The standard InChI is InChI=1S/C21H25F3O2.C10H18N2.C2H6/c1-5-7-8-9-17(20(25)26)12-15(4)16-10-11-18(14(3)6-2)19(13-16)21(22,23)24;1-2-10(11)12-8-9-6-4-3-5-7-9;1-2/h8-11,13,17H,3-7,12H2,1-2H3,(H,25,26);2,9H,1,3-8H2,(H2,11,12);1-2H3/b9-8-;;. The van der Waals surface area contributed by atoms with Crippen molar-refractivity contribution in [1.29, 1.82) is 0 Å². The largest absolute Gasteiger partial charge is 0.481 e. The van der Waals surface area contributed by atoms with E-state index in [1.54, 1.807) is 31.2 Å². The molecule has 0 spiro atoms. The number of halogens is 3. The van der Waals surface area contributed by atoms with Gasteiger partial charge in [0, 0.05) is 6.54 Å². The van der Waals surface area contributed by atoms with Crippen LogP contribution in [0.4, 0.5) is 13.2 Å². The average Bonchev–Trinajstić information content (AvgIpc) is 2.96. The van der Waals surface area contributed by atoms with Gasteiger partial charge in [0.15, 0.2) is 0 Å². The van der Waals surface area contributed by atoms with Crippen molar-refractivity contribution in [2.75, 3.05) is 6.54 Å². The zero-order chi connectivity index (χ0) is 30.7. The Balaban J connectivity index is 0.000000902. The molecule has 1 atom stereocenters. The van der Waals surface area contributed by atoms with Crippen LogP contribution in [0.5, 0.6) is 0 Å². The maximum atomic E-state index is 13.4. The number of hydrogen-bond acceptors (Lipinski definition) is 2. The second-order valence-electron chi connectivity index (χ2n) is 9.66. The minimum Gasteiger partial charge on any atom is -0.481 e. The average molecular weight is 563 g/mol. The number of aliphatic imine (C=N–C) groups is 1. The second-order valence-corrected chi connectivity index (χ2v) is 9.66. The van der Waals surface area contributed by atoms with Gasteiger partial charge in [-0.25, -0.2) is 0 Å². The molecule has 1 aliphatic rings. The molecule has 224 valence electrons. The second kappa shape index (κ2) is 19.9. The third kappa shape index (κ3) is 13.8. The highest BCUT2D eigenvalue weighted by Crippen LogP contribution is 2.37. The predicted octanol–water partition coefficient (Wildman–Crippen LogP) is 9.73. The van der Waals surface area contributed by atoms with Gasteiger partial charge in [0.05, 0.1) is 11.5 Å². The van der Waals surface area contributed by atoms with E-state index in [2.05, 4.69) is 24.7 Å². The molecule has 1 fully saturated rings. The molecule has 3 N–H and O–H groups in total. The van der Waals surface area contributed by atoms with Crippen LogP contribution >= 0.6 is 0 Å². The van der Waals surface area contributed by atoms with Crippen molar-refractivity contribution in [2.45, 2.75) is 91.7 Å². The molecule has 0 radical (unpaired) electrons. The van der Waals surface area contributed by atoms with Gasteiger partial charge >= 0.3 is 12.1 Å². The van der Waals surface area contributed by atoms with Gasteiger partial charge in [0.1, 0.15) is 5.84 Å². The number of benzene rings is 1. The predicted molar refractivity (Wildman–Crippen MR) is 164 cm³/mol. The number of carboxylic acid groups (broad SMARTS) is 1. The molecule has 0 aliphatic heterocycles. The molecule has 40 heavy (non-hydrogen) atoms. The fourth-order valence-corrected chi connectivity index (χ4v) is 4.21. The summed E-state index contributed by atoms with van der Waals surface area (Å²) in [5.74, 6) is -0.475. The van der Waals surface area contributed by atoms with E-state index in [0.717, 1.165) is 31.4 Å². The maximum Gasteiger partial charge on any atom is 0.417 e. The first-order valence-electron chi connectivity index (χ1n) is 14.3. The minimum absolute atomic E-state index is 0.0565. The quantitative estimate of drug-likeness (QED) is 0.151. The normalized spacial score (nSPS) is 14.8. The van der Waals surface area contributed by atoms with Crippen LogP contribution in [0.25, 0.3) is 11.1 Å². The van der Waals surface area contributed by atoms with E-state index >= 15 is 0 Å².